The Bertz CT molecular complexity index is 1400. The Balaban J connectivity index is 1.26. The van der Waals surface area contributed by atoms with Gasteiger partial charge in [0.2, 0.25) is 12.0 Å². The first-order valence-electron chi connectivity index (χ1n) is 11.7. The number of fused-ring (bicyclic) bond motifs is 2. The van der Waals surface area contributed by atoms with Crippen molar-refractivity contribution in [1.82, 2.24) is 18.9 Å². The molecule has 10 nitrogen and oxygen atoms in total. The number of benzene rings is 2. The van der Waals surface area contributed by atoms with E-state index in [4.69, 9.17) is 9.47 Å². The van der Waals surface area contributed by atoms with Gasteiger partial charge in [-0.15, -0.1) is 0 Å². The lowest BCUT2D eigenvalue weighted by atomic mass is 10.2. The molecule has 0 spiro atoms. The molecule has 1 atom stereocenters. The van der Waals surface area contributed by atoms with E-state index in [2.05, 4.69) is 0 Å². The Hall–Kier alpha value is -4.08. The molecule has 1 unspecified atom stereocenters. The van der Waals surface area contributed by atoms with Crippen LogP contribution >= 0.6 is 0 Å². The number of hydrogen-bond donors (Lipinski definition) is 0. The van der Waals surface area contributed by atoms with Gasteiger partial charge < -0.3 is 19.3 Å². The second-order valence-corrected chi connectivity index (χ2v) is 8.51. The van der Waals surface area contributed by atoms with Gasteiger partial charge in [0.25, 0.3) is 11.5 Å². The highest BCUT2D eigenvalue weighted by molar-refractivity contribution is 5.83. The lowest BCUT2D eigenvalue weighted by Gasteiger charge is -2.37. The van der Waals surface area contributed by atoms with E-state index in [0.29, 0.717) is 48.6 Å². The molecule has 1 fully saturated rings. The minimum Gasteiger partial charge on any atom is -0.485 e. The number of carbonyl (C=O) groups is 2. The first-order valence-corrected chi connectivity index (χ1v) is 11.7. The molecule has 2 aliphatic rings. The summed E-state index contributed by atoms with van der Waals surface area (Å²) in [6, 6.07) is 14.0. The summed E-state index contributed by atoms with van der Waals surface area (Å²) < 4.78 is 14.0. The topological polar surface area (TPSA) is 103 Å². The number of nitrogens with zero attached hydrogens (tertiary/aromatic N) is 4. The van der Waals surface area contributed by atoms with Crippen LogP contribution in [-0.2, 0) is 22.7 Å². The molecule has 0 N–H and O–H groups in total. The minimum absolute atomic E-state index is 0.137. The van der Waals surface area contributed by atoms with E-state index in [0.717, 1.165) is 4.57 Å². The summed E-state index contributed by atoms with van der Waals surface area (Å²) in [5.74, 6) is 0.738. The van der Waals surface area contributed by atoms with Gasteiger partial charge in [-0.25, -0.2) is 4.79 Å². The van der Waals surface area contributed by atoms with E-state index in [1.807, 2.05) is 12.1 Å². The fourth-order valence-electron chi connectivity index (χ4n) is 4.56. The van der Waals surface area contributed by atoms with Gasteiger partial charge in [0.05, 0.1) is 10.9 Å². The van der Waals surface area contributed by atoms with Crippen molar-refractivity contribution in [2.45, 2.75) is 26.1 Å². The smallest absolute Gasteiger partial charge is 0.331 e. The van der Waals surface area contributed by atoms with Crippen LogP contribution in [0.3, 0.4) is 0 Å². The maximum Gasteiger partial charge on any atom is 0.331 e. The summed E-state index contributed by atoms with van der Waals surface area (Å²) in [6.45, 7) is 3.30. The van der Waals surface area contributed by atoms with E-state index in [1.165, 1.54) is 4.57 Å². The maximum atomic E-state index is 13.1. The highest BCUT2D eigenvalue weighted by atomic mass is 16.6. The third-order valence-corrected chi connectivity index (χ3v) is 6.47. The zero-order valence-corrected chi connectivity index (χ0v) is 19.4. The van der Waals surface area contributed by atoms with Crippen LogP contribution in [0.1, 0.15) is 6.92 Å². The number of ether oxygens (including phenoxy) is 2. The van der Waals surface area contributed by atoms with Crippen LogP contribution in [0.25, 0.3) is 10.9 Å². The molecule has 1 saturated heterocycles. The molecule has 182 valence electrons. The largest absolute Gasteiger partial charge is 0.485 e. The molecule has 0 saturated carbocycles. The average molecular weight is 479 g/mol. The van der Waals surface area contributed by atoms with Crippen molar-refractivity contribution in [2.75, 3.05) is 32.8 Å². The maximum absolute atomic E-state index is 13.1. The molecule has 2 aromatic carbocycles. The molecular formula is C25H26N4O6. The van der Waals surface area contributed by atoms with E-state index >= 15 is 0 Å². The molecule has 3 heterocycles. The number of amides is 2. The quantitative estimate of drug-likeness (QED) is 0.547. The third-order valence-electron chi connectivity index (χ3n) is 6.47. The molecule has 0 radical (unpaired) electrons. The lowest BCUT2D eigenvalue weighted by molar-refractivity contribution is -0.146. The molecular weight excluding hydrogens is 452 g/mol. The highest BCUT2D eigenvalue weighted by Crippen LogP contribution is 2.31. The zero-order chi connectivity index (χ0) is 24.5. The molecule has 2 aliphatic heterocycles. The van der Waals surface area contributed by atoms with Crippen molar-refractivity contribution in [3.63, 3.8) is 0 Å². The zero-order valence-electron chi connectivity index (χ0n) is 19.4. The van der Waals surface area contributed by atoms with E-state index in [1.54, 1.807) is 53.1 Å². The molecule has 1 aromatic heterocycles. The van der Waals surface area contributed by atoms with Crippen molar-refractivity contribution >= 4 is 22.7 Å². The van der Waals surface area contributed by atoms with Crippen molar-refractivity contribution in [1.29, 1.82) is 0 Å². The summed E-state index contributed by atoms with van der Waals surface area (Å²) in [5, 5.41) is 0.397. The molecule has 5 rings (SSSR count). The molecule has 2 amide bonds. The van der Waals surface area contributed by atoms with Crippen molar-refractivity contribution in [3.8, 4) is 11.5 Å². The standard InChI is InChI=1S/C25H26N4O6/c1-2-28-23(31)17-7-3-4-8-18(17)29(25(28)33)15-22(30)26-11-13-27(14-12-26)24(32)21-16-34-19-9-5-6-10-20(19)35-21/h3-10,21H,2,11-16H2,1H3. The summed E-state index contributed by atoms with van der Waals surface area (Å²) in [7, 11) is 0. The number of rotatable bonds is 4. The van der Waals surface area contributed by atoms with Gasteiger partial charge in [0.1, 0.15) is 13.2 Å². The predicted octanol–water partition coefficient (Wildman–Crippen LogP) is 0.694. The Morgan fingerprint density at radius 2 is 1.54 bits per heavy atom. The van der Waals surface area contributed by atoms with Gasteiger partial charge in [0.15, 0.2) is 11.5 Å². The Labute approximate surface area is 200 Å². The molecule has 10 heteroatoms. The normalized spacial score (nSPS) is 17.5. The fourth-order valence-corrected chi connectivity index (χ4v) is 4.56. The summed E-state index contributed by atoms with van der Waals surface area (Å²) >= 11 is 0. The number of carbonyl (C=O) groups excluding carboxylic acids is 2. The number of hydrogen-bond acceptors (Lipinski definition) is 6. The van der Waals surface area contributed by atoms with Gasteiger partial charge >= 0.3 is 5.69 Å². The number of aromatic nitrogens is 2. The van der Waals surface area contributed by atoms with E-state index in [9.17, 15) is 19.2 Å². The van der Waals surface area contributed by atoms with Crippen molar-refractivity contribution < 1.29 is 19.1 Å². The predicted molar refractivity (Wildman–Crippen MR) is 128 cm³/mol. The summed E-state index contributed by atoms with van der Waals surface area (Å²) in [5.41, 5.74) is -0.433. The Morgan fingerprint density at radius 3 is 2.29 bits per heavy atom. The molecule has 35 heavy (non-hydrogen) atoms. The van der Waals surface area contributed by atoms with Crippen LogP contribution in [0.15, 0.2) is 58.1 Å². The van der Waals surface area contributed by atoms with Gasteiger partial charge in [-0.3, -0.25) is 23.5 Å². The Morgan fingerprint density at radius 1 is 0.886 bits per heavy atom. The van der Waals surface area contributed by atoms with Crippen molar-refractivity contribution in [3.05, 3.63) is 69.4 Å². The SMILES string of the molecule is CCn1c(=O)c2ccccc2n(CC(=O)N2CCN(C(=O)C3COc4ccccc4O3)CC2)c1=O. The van der Waals surface area contributed by atoms with Crippen LogP contribution in [-0.4, -0.2) is 69.6 Å². The minimum atomic E-state index is -0.729. The second kappa shape index (κ2) is 9.28. The molecule has 0 aliphatic carbocycles. The number of para-hydroxylation sites is 3. The van der Waals surface area contributed by atoms with Crippen LogP contribution in [0, 0.1) is 0 Å². The molecule has 3 aromatic rings. The first-order chi connectivity index (χ1) is 17.0. The number of piperazine rings is 1. The van der Waals surface area contributed by atoms with Gasteiger partial charge in [-0.2, -0.15) is 0 Å². The molecule has 0 bridgehead atoms. The van der Waals surface area contributed by atoms with Gasteiger partial charge in [0, 0.05) is 32.7 Å². The highest BCUT2D eigenvalue weighted by Gasteiger charge is 2.33. The fraction of sp³-hybridized carbons (Fsp3) is 0.360. The van der Waals surface area contributed by atoms with Gasteiger partial charge in [-0.05, 0) is 31.2 Å². The lowest BCUT2D eigenvalue weighted by Crippen LogP contribution is -2.55. The van der Waals surface area contributed by atoms with E-state index in [-0.39, 0.29) is 37.1 Å². The summed E-state index contributed by atoms with van der Waals surface area (Å²) in [6.07, 6.45) is -0.729. The average Bonchev–Trinajstić information content (AvgIpc) is 2.90. The third kappa shape index (κ3) is 4.16. The van der Waals surface area contributed by atoms with Crippen molar-refractivity contribution in [2.24, 2.45) is 0 Å². The van der Waals surface area contributed by atoms with Crippen LogP contribution < -0.4 is 20.7 Å². The van der Waals surface area contributed by atoms with Crippen LogP contribution in [0.5, 0.6) is 11.5 Å². The second-order valence-electron chi connectivity index (χ2n) is 8.51. The van der Waals surface area contributed by atoms with E-state index < -0.39 is 11.8 Å². The van der Waals surface area contributed by atoms with Gasteiger partial charge in [-0.1, -0.05) is 24.3 Å². The summed E-state index contributed by atoms with van der Waals surface area (Å²) in [4.78, 5) is 54.9. The Kier molecular flexibility index (Phi) is 6.02. The van der Waals surface area contributed by atoms with Crippen LogP contribution in [0.2, 0.25) is 0 Å². The first kappa shape index (κ1) is 22.7. The van der Waals surface area contributed by atoms with Crippen LogP contribution in [0.4, 0.5) is 0 Å². The monoisotopic (exact) mass is 478 g/mol.